The average Bonchev–Trinajstić information content (AvgIpc) is 3.29. The van der Waals surface area contributed by atoms with Crippen molar-refractivity contribution >= 4 is 21.7 Å². The van der Waals surface area contributed by atoms with Gasteiger partial charge in [-0.15, -0.1) is 0 Å². The summed E-state index contributed by atoms with van der Waals surface area (Å²) in [5.41, 5.74) is 0. The number of halogens is 1. The Labute approximate surface area is 132 Å². The summed E-state index contributed by atoms with van der Waals surface area (Å²) < 4.78 is 6.69. The maximum absolute atomic E-state index is 5.81. The second-order valence-electron chi connectivity index (χ2n) is 5.09. The zero-order chi connectivity index (χ0) is 14.7. The number of hydrogen-bond acceptors (Lipinski definition) is 5. The molecule has 0 bridgehead atoms. The van der Waals surface area contributed by atoms with Crippen LogP contribution in [0.4, 0.5) is 5.82 Å². The monoisotopic (exact) mass is 348 g/mol. The molecule has 1 N–H and O–H groups in total. The van der Waals surface area contributed by atoms with Crippen LogP contribution in [0.5, 0.6) is 11.6 Å². The Kier molecular flexibility index (Phi) is 4.34. The molecule has 1 fully saturated rings. The van der Waals surface area contributed by atoms with Crippen molar-refractivity contribution < 1.29 is 4.74 Å². The highest BCUT2D eigenvalue weighted by molar-refractivity contribution is 9.10. The van der Waals surface area contributed by atoms with Crippen molar-refractivity contribution in [1.29, 1.82) is 0 Å². The van der Waals surface area contributed by atoms with Crippen molar-refractivity contribution in [1.82, 2.24) is 15.0 Å². The fourth-order valence-corrected chi connectivity index (χ4v) is 2.28. The van der Waals surface area contributed by atoms with E-state index in [1.165, 1.54) is 0 Å². The number of nitrogens with zero attached hydrogens (tertiary/aromatic N) is 3. The Balaban J connectivity index is 1.84. The number of nitrogens with one attached hydrogen (secondary N) is 1. The molecule has 110 valence electrons. The van der Waals surface area contributed by atoms with Gasteiger partial charge in [0.2, 0.25) is 5.88 Å². The first-order chi connectivity index (χ1) is 10.2. The van der Waals surface area contributed by atoms with Gasteiger partial charge in [-0.25, -0.2) is 4.98 Å². The fraction of sp³-hybridized carbons (Fsp3) is 0.400. The lowest BCUT2D eigenvalue weighted by Crippen LogP contribution is -2.05. The first-order valence-corrected chi connectivity index (χ1v) is 7.95. The van der Waals surface area contributed by atoms with Gasteiger partial charge in [0.05, 0.1) is 6.20 Å². The molecule has 0 aliphatic heterocycles. The van der Waals surface area contributed by atoms with E-state index in [0.29, 0.717) is 17.5 Å². The highest BCUT2D eigenvalue weighted by Gasteiger charge is 2.27. The van der Waals surface area contributed by atoms with Crippen molar-refractivity contribution in [3.63, 3.8) is 0 Å². The number of pyridine rings is 1. The molecule has 2 heterocycles. The van der Waals surface area contributed by atoms with Gasteiger partial charge >= 0.3 is 0 Å². The smallest absolute Gasteiger partial charge is 0.224 e. The third kappa shape index (κ3) is 3.91. The van der Waals surface area contributed by atoms with Gasteiger partial charge in [-0.2, -0.15) is 4.98 Å². The molecule has 5 nitrogen and oxygen atoms in total. The maximum atomic E-state index is 5.81. The second-order valence-corrected chi connectivity index (χ2v) is 6.01. The van der Waals surface area contributed by atoms with Crippen LogP contribution in [0.15, 0.2) is 29.0 Å². The Bertz CT molecular complexity index is 631. The highest BCUT2D eigenvalue weighted by atomic mass is 79.9. The number of hydrogen-bond donors (Lipinski definition) is 1. The lowest BCUT2D eigenvalue weighted by Gasteiger charge is -2.10. The zero-order valence-electron chi connectivity index (χ0n) is 11.8. The third-order valence-electron chi connectivity index (χ3n) is 3.12. The van der Waals surface area contributed by atoms with E-state index in [-0.39, 0.29) is 0 Å². The van der Waals surface area contributed by atoms with E-state index in [1.807, 2.05) is 12.1 Å². The molecule has 0 aromatic carbocycles. The number of anilines is 1. The summed E-state index contributed by atoms with van der Waals surface area (Å²) >= 11 is 3.38. The number of aromatic nitrogens is 3. The largest absolute Gasteiger partial charge is 0.437 e. The van der Waals surface area contributed by atoms with Crippen LogP contribution in [0.3, 0.4) is 0 Å². The number of rotatable bonds is 6. The SMILES string of the molecule is CCCNc1cc(Oc2cncc(Br)c2)nc(C2CC2)n1. The molecule has 21 heavy (non-hydrogen) atoms. The van der Waals surface area contributed by atoms with Gasteiger partial charge in [-0.05, 0) is 41.3 Å². The molecule has 0 atom stereocenters. The fourth-order valence-electron chi connectivity index (χ4n) is 1.93. The number of ether oxygens (including phenoxy) is 1. The zero-order valence-corrected chi connectivity index (χ0v) is 13.4. The molecule has 0 unspecified atom stereocenters. The normalized spacial score (nSPS) is 14.0. The van der Waals surface area contributed by atoms with Crippen molar-refractivity contribution in [2.24, 2.45) is 0 Å². The minimum atomic E-state index is 0.483. The summed E-state index contributed by atoms with van der Waals surface area (Å²) in [5, 5.41) is 3.30. The minimum Gasteiger partial charge on any atom is -0.437 e. The van der Waals surface area contributed by atoms with E-state index >= 15 is 0 Å². The molecule has 0 spiro atoms. The molecule has 2 aromatic heterocycles. The molecule has 3 rings (SSSR count). The summed E-state index contributed by atoms with van der Waals surface area (Å²) in [5.74, 6) is 3.40. The van der Waals surface area contributed by atoms with Crippen LogP contribution in [-0.4, -0.2) is 21.5 Å². The Morgan fingerprint density at radius 2 is 2.14 bits per heavy atom. The Morgan fingerprint density at radius 1 is 1.29 bits per heavy atom. The third-order valence-corrected chi connectivity index (χ3v) is 3.55. The summed E-state index contributed by atoms with van der Waals surface area (Å²) in [4.78, 5) is 13.2. The summed E-state index contributed by atoms with van der Waals surface area (Å²) in [6.07, 6.45) is 6.76. The van der Waals surface area contributed by atoms with E-state index in [9.17, 15) is 0 Å². The first kappa shape index (κ1) is 14.3. The second kappa shape index (κ2) is 6.39. The van der Waals surface area contributed by atoms with Gasteiger partial charge in [0.25, 0.3) is 0 Å². The van der Waals surface area contributed by atoms with Crippen LogP contribution in [0.25, 0.3) is 0 Å². The molecule has 0 saturated heterocycles. The standard InChI is InChI=1S/C15H17BrN4O/c1-2-5-18-13-7-14(20-15(19-13)10-3-4-10)21-12-6-11(16)8-17-9-12/h6-10H,2-5H2,1H3,(H,18,19,20). The maximum Gasteiger partial charge on any atom is 0.224 e. The van der Waals surface area contributed by atoms with Crippen LogP contribution >= 0.6 is 15.9 Å². The minimum absolute atomic E-state index is 0.483. The first-order valence-electron chi connectivity index (χ1n) is 7.16. The van der Waals surface area contributed by atoms with Crippen molar-refractivity contribution in [2.45, 2.75) is 32.1 Å². The van der Waals surface area contributed by atoms with Crippen LogP contribution in [0.2, 0.25) is 0 Å². The molecule has 6 heteroatoms. The van der Waals surface area contributed by atoms with Crippen LogP contribution < -0.4 is 10.1 Å². The van der Waals surface area contributed by atoms with Gasteiger partial charge in [0.1, 0.15) is 17.4 Å². The van der Waals surface area contributed by atoms with Crippen LogP contribution in [0.1, 0.15) is 37.9 Å². The van der Waals surface area contributed by atoms with Gasteiger partial charge in [0.15, 0.2) is 0 Å². The van der Waals surface area contributed by atoms with Crippen molar-refractivity contribution in [2.75, 3.05) is 11.9 Å². The van der Waals surface area contributed by atoms with Crippen molar-refractivity contribution in [3.05, 3.63) is 34.8 Å². The van der Waals surface area contributed by atoms with Gasteiger partial charge in [0, 0.05) is 29.2 Å². The van der Waals surface area contributed by atoms with E-state index in [1.54, 1.807) is 12.4 Å². The molecule has 2 aromatic rings. The molecule has 1 aliphatic rings. The van der Waals surface area contributed by atoms with Gasteiger partial charge < -0.3 is 10.1 Å². The lowest BCUT2D eigenvalue weighted by atomic mass is 10.3. The van der Waals surface area contributed by atoms with Crippen LogP contribution in [0, 0.1) is 0 Å². The molecule has 1 saturated carbocycles. The quantitative estimate of drug-likeness (QED) is 0.850. The van der Waals surface area contributed by atoms with Crippen molar-refractivity contribution in [3.8, 4) is 11.6 Å². The molecule has 0 radical (unpaired) electrons. The van der Waals surface area contributed by atoms with E-state index in [2.05, 4.69) is 43.1 Å². The predicted octanol–water partition coefficient (Wildman–Crippen LogP) is 4.13. The Morgan fingerprint density at radius 3 is 2.86 bits per heavy atom. The highest BCUT2D eigenvalue weighted by Crippen LogP contribution is 2.39. The summed E-state index contributed by atoms with van der Waals surface area (Å²) in [6.45, 7) is 3.01. The average molecular weight is 349 g/mol. The van der Waals surface area contributed by atoms with Gasteiger partial charge in [-0.3, -0.25) is 4.98 Å². The topological polar surface area (TPSA) is 59.9 Å². The molecular formula is C15H17BrN4O. The molecule has 0 amide bonds. The molecular weight excluding hydrogens is 332 g/mol. The van der Waals surface area contributed by atoms with E-state index in [4.69, 9.17) is 4.74 Å². The van der Waals surface area contributed by atoms with E-state index in [0.717, 1.165) is 41.9 Å². The van der Waals surface area contributed by atoms with Crippen LogP contribution in [-0.2, 0) is 0 Å². The summed E-state index contributed by atoms with van der Waals surface area (Å²) in [6, 6.07) is 3.70. The van der Waals surface area contributed by atoms with E-state index < -0.39 is 0 Å². The Hall–Kier alpha value is -1.69. The lowest BCUT2D eigenvalue weighted by molar-refractivity contribution is 0.456. The molecule has 1 aliphatic carbocycles. The summed E-state index contributed by atoms with van der Waals surface area (Å²) in [7, 11) is 0. The predicted molar refractivity (Wildman–Crippen MR) is 84.8 cm³/mol. The van der Waals surface area contributed by atoms with Gasteiger partial charge in [-0.1, -0.05) is 6.92 Å².